The summed E-state index contributed by atoms with van der Waals surface area (Å²) in [4.78, 5) is 33.8. The maximum absolute atomic E-state index is 13.2. The monoisotopic (exact) mass is 511 g/mol. The Kier molecular flexibility index (Phi) is 5.98. The van der Waals surface area contributed by atoms with E-state index in [9.17, 15) is 27.9 Å². The van der Waals surface area contributed by atoms with Gasteiger partial charge in [-0.25, -0.2) is 0 Å². The molecule has 190 valence electrons. The summed E-state index contributed by atoms with van der Waals surface area (Å²) < 4.78 is 47.3. The number of nitrogens with zero attached hydrogens (tertiary/aromatic N) is 3. The predicted molar refractivity (Wildman–Crippen MR) is 127 cm³/mol. The van der Waals surface area contributed by atoms with Crippen LogP contribution < -0.4 is 19.3 Å². The molecule has 0 bridgehead atoms. The topological polar surface area (TPSA) is 92.2 Å². The zero-order valence-electron chi connectivity index (χ0n) is 19.4. The van der Waals surface area contributed by atoms with E-state index in [-0.39, 0.29) is 17.0 Å². The maximum atomic E-state index is 13.2. The van der Waals surface area contributed by atoms with Crippen LogP contribution in [-0.4, -0.2) is 48.3 Å². The second kappa shape index (κ2) is 9.16. The average Bonchev–Trinajstić information content (AvgIpc) is 3.14. The number of aliphatic hydroxyl groups excluding tert-OH is 1. The highest BCUT2D eigenvalue weighted by atomic mass is 19.4. The smallest absolute Gasteiger partial charge is 0.507 e. The molecule has 8 nitrogen and oxygen atoms in total. The number of carbonyl (C=O) groups is 2. The maximum Gasteiger partial charge on any atom is 0.573 e. The van der Waals surface area contributed by atoms with E-state index >= 15 is 0 Å². The highest BCUT2D eigenvalue weighted by Gasteiger charge is 2.47. The predicted octanol–water partition coefficient (Wildman–Crippen LogP) is 4.44. The Labute approximate surface area is 209 Å². The van der Waals surface area contributed by atoms with Gasteiger partial charge in [0.1, 0.15) is 29.9 Å². The Morgan fingerprint density at radius 2 is 1.86 bits per heavy atom. The minimum Gasteiger partial charge on any atom is -0.507 e. The van der Waals surface area contributed by atoms with Crippen LogP contribution in [0.25, 0.3) is 5.76 Å². The third-order valence-electron chi connectivity index (χ3n) is 6.09. The van der Waals surface area contributed by atoms with Crippen molar-refractivity contribution in [1.29, 1.82) is 0 Å². The summed E-state index contributed by atoms with van der Waals surface area (Å²) in [5.74, 6) is -2.18. The molecule has 0 radical (unpaired) electrons. The van der Waals surface area contributed by atoms with Crippen LogP contribution in [0, 0.1) is 0 Å². The molecule has 1 atom stereocenters. The number of hydrogen-bond donors (Lipinski definition) is 1. The number of fused-ring (bicyclic) bond motifs is 1. The summed E-state index contributed by atoms with van der Waals surface area (Å²) in [5, 5.41) is 11.3. The molecule has 3 aromatic rings. The number of ether oxygens (including phenoxy) is 2. The Balaban J connectivity index is 1.62. The molecule has 0 aliphatic carbocycles. The van der Waals surface area contributed by atoms with Gasteiger partial charge in [0.25, 0.3) is 11.7 Å². The lowest BCUT2D eigenvalue weighted by atomic mass is 9.97. The standard InChI is InChI=1S/C26H20F3N3O5/c1-31-12-13-36-20-10-5-15(14-19(20)31)23(33)21-22(18-4-2-3-11-30-18)32(25(35)24(21)34)16-6-8-17(9-7-16)37-26(27,28)29/h2-11,14,22,33H,12-13H2,1H3/b23-21-. The van der Waals surface area contributed by atoms with E-state index in [1.807, 2.05) is 11.9 Å². The second-order valence-corrected chi connectivity index (χ2v) is 8.42. The van der Waals surface area contributed by atoms with Crippen LogP contribution in [0.5, 0.6) is 11.5 Å². The Hall–Kier alpha value is -4.54. The fraction of sp³-hybridized carbons (Fsp3) is 0.192. The van der Waals surface area contributed by atoms with Crippen molar-refractivity contribution in [3.63, 3.8) is 0 Å². The quantitative estimate of drug-likeness (QED) is 0.315. The number of likely N-dealkylation sites (N-methyl/N-ethyl adjacent to an activating group) is 1. The van der Waals surface area contributed by atoms with Gasteiger partial charge in [-0.1, -0.05) is 6.07 Å². The number of aliphatic hydroxyl groups is 1. The van der Waals surface area contributed by atoms with Gasteiger partial charge in [-0.2, -0.15) is 0 Å². The van der Waals surface area contributed by atoms with Gasteiger partial charge in [-0.3, -0.25) is 19.5 Å². The van der Waals surface area contributed by atoms with Crippen molar-refractivity contribution in [2.75, 3.05) is 30.0 Å². The van der Waals surface area contributed by atoms with Crippen LogP contribution in [0.3, 0.4) is 0 Å². The summed E-state index contributed by atoms with van der Waals surface area (Å²) in [6.07, 6.45) is -3.41. The van der Waals surface area contributed by atoms with Gasteiger partial charge < -0.3 is 19.5 Å². The Morgan fingerprint density at radius 3 is 2.54 bits per heavy atom. The third-order valence-corrected chi connectivity index (χ3v) is 6.09. The van der Waals surface area contributed by atoms with Crippen molar-refractivity contribution in [3.8, 4) is 11.5 Å². The van der Waals surface area contributed by atoms with Gasteiger partial charge in [0.05, 0.1) is 23.5 Å². The number of ketones is 1. The molecule has 2 aliphatic rings. The van der Waals surface area contributed by atoms with Gasteiger partial charge in [0, 0.05) is 24.5 Å². The number of rotatable bonds is 4. The van der Waals surface area contributed by atoms with Crippen molar-refractivity contribution in [1.82, 2.24) is 4.98 Å². The molecule has 1 fully saturated rings. The highest BCUT2D eigenvalue weighted by molar-refractivity contribution is 6.51. The number of carbonyl (C=O) groups excluding carboxylic acids is 2. The lowest BCUT2D eigenvalue weighted by Gasteiger charge is -2.28. The molecule has 2 aromatic carbocycles. The fourth-order valence-corrected chi connectivity index (χ4v) is 4.38. The molecule has 11 heteroatoms. The number of hydrogen-bond acceptors (Lipinski definition) is 7. The Morgan fingerprint density at radius 1 is 1.11 bits per heavy atom. The molecule has 37 heavy (non-hydrogen) atoms. The molecule has 1 saturated heterocycles. The van der Waals surface area contributed by atoms with Crippen LogP contribution in [-0.2, 0) is 9.59 Å². The third kappa shape index (κ3) is 4.55. The normalized spacial score (nSPS) is 19.0. The highest BCUT2D eigenvalue weighted by Crippen LogP contribution is 2.43. The van der Waals surface area contributed by atoms with E-state index in [1.54, 1.807) is 36.4 Å². The summed E-state index contributed by atoms with van der Waals surface area (Å²) >= 11 is 0. The first-order chi connectivity index (χ1) is 17.6. The van der Waals surface area contributed by atoms with Gasteiger partial charge in [-0.15, -0.1) is 13.2 Å². The minimum absolute atomic E-state index is 0.130. The number of halogens is 3. The van der Waals surface area contributed by atoms with Gasteiger partial charge in [0.15, 0.2) is 0 Å². The number of aromatic nitrogens is 1. The molecule has 0 spiro atoms. The van der Waals surface area contributed by atoms with E-state index in [0.717, 1.165) is 17.0 Å². The number of pyridine rings is 1. The molecule has 1 amide bonds. The van der Waals surface area contributed by atoms with Crippen LogP contribution in [0.2, 0.25) is 0 Å². The molecule has 5 rings (SSSR count). The van der Waals surface area contributed by atoms with Gasteiger partial charge in [0.2, 0.25) is 0 Å². The first-order valence-corrected chi connectivity index (χ1v) is 11.2. The number of benzene rings is 2. The molecule has 2 aliphatic heterocycles. The average molecular weight is 511 g/mol. The van der Waals surface area contributed by atoms with Crippen LogP contribution >= 0.6 is 0 Å². The SMILES string of the molecule is CN1CCOc2ccc(/C(O)=C3/C(=O)C(=O)N(c4ccc(OC(F)(F)F)cc4)C3c3ccccn3)cc21. The lowest BCUT2D eigenvalue weighted by Crippen LogP contribution is -2.29. The van der Waals surface area contributed by atoms with Crippen molar-refractivity contribution in [2.45, 2.75) is 12.4 Å². The largest absolute Gasteiger partial charge is 0.573 e. The van der Waals surface area contributed by atoms with Crippen molar-refractivity contribution in [3.05, 3.63) is 83.7 Å². The number of Topliss-reactive ketones (excluding diaryl/α,β-unsaturated/α-hetero) is 1. The van der Waals surface area contributed by atoms with Crippen molar-refractivity contribution in [2.24, 2.45) is 0 Å². The number of amides is 1. The summed E-state index contributed by atoms with van der Waals surface area (Å²) in [7, 11) is 1.87. The van der Waals surface area contributed by atoms with E-state index in [4.69, 9.17) is 4.74 Å². The zero-order chi connectivity index (χ0) is 26.3. The molecule has 0 saturated carbocycles. The van der Waals surface area contributed by atoms with Crippen molar-refractivity contribution < 1.29 is 37.3 Å². The second-order valence-electron chi connectivity index (χ2n) is 8.42. The molecular weight excluding hydrogens is 491 g/mol. The fourth-order valence-electron chi connectivity index (χ4n) is 4.38. The van der Waals surface area contributed by atoms with E-state index in [0.29, 0.717) is 30.2 Å². The summed E-state index contributed by atoms with van der Waals surface area (Å²) in [5.41, 5.74) is 1.23. The zero-order valence-corrected chi connectivity index (χ0v) is 19.4. The molecular formula is C26H20F3N3O5. The van der Waals surface area contributed by atoms with Gasteiger partial charge >= 0.3 is 6.36 Å². The molecule has 1 N–H and O–H groups in total. The van der Waals surface area contributed by atoms with Crippen molar-refractivity contribution >= 4 is 28.8 Å². The molecule has 1 aromatic heterocycles. The minimum atomic E-state index is -4.88. The van der Waals surface area contributed by atoms with Gasteiger partial charge in [-0.05, 0) is 54.6 Å². The van der Waals surface area contributed by atoms with E-state index in [1.165, 1.54) is 18.3 Å². The summed E-state index contributed by atoms with van der Waals surface area (Å²) in [6, 6.07) is 13.2. The van der Waals surface area contributed by atoms with Crippen LogP contribution in [0.4, 0.5) is 24.5 Å². The Bertz CT molecular complexity index is 1390. The molecule has 3 heterocycles. The lowest BCUT2D eigenvalue weighted by molar-refractivity contribution is -0.274. The van der Waals surface area contributed by atoms with E-state index < -0.39 is 35.6 Å². The van der Waals surface area contributed by atoms with Crippen LogP contribution in [0.1, 0.15) is 17.3 Å². The first kappa shape index (κ1) is 24.2. The van der Waals surface area contributed by atoms with E-state index in [2.05, 4.69) is 9.72 Å². The number of alkyl halides is 3. The van der Waals surface area contributed by atoms with Crippen LogP contribution in [0.15, 0.2) is 72.4 Å². The molecule has 1 unspecified atom stereocenters. The number of anilines is 2. The summed E-state index contributed by atoms with van der Waals surface area (Å²) in [6.45, 7) is 1.13. The first-order valence-electron chi connectivity index (χ1n) is 11.2.